The predicted octanol–water partition coefficient (Wildman–Crippen LogP) is 2.81. The SMILES string of the molecule is CN(C)CCNC(=O)CCC(=O)N(c1ccccc1)c1ccccc1. The smallest absolute Gasteiger partial charge is 0.232 e. The highest BCUT2D eigenvalue weighted by Gasteiger charge is 2.18. The first-order valence-corrected chi connectivity index (χ1v) is 8.42. The summed E-state index contributed by atoms with van der Waals surface area (Å²) in [5.41, 5.74) is 1.60. The molecule has 0 aliphatic heterocycles. The van der Waals surface area contributed by atoms with Crippen LogP contribution in [0.2, 0.25) is 0 Å². The normalized spacial score (nSPS) is 10.5. The summed E-state index contributed by atoms with van der Waals surface area (Å²) in [5.74, 6) is -0.198. The molecule has 0 heterocycles. The molecule has 0 spiro atoms. The second-order valence-electron chi connectivity index (χ2n) is 6.05. The first-order chi connectivity index (χ1) is 12.1. The third-order valence-electron chi connectivity index (χ3n) is 3.73. The van der Waals surface area contributed by atoms with Gasteiger partial charge in [-0.05, 0) is 38.4 Å². The molecule has 2 aromatic rings. The zero-order chi connectivity index (χ0) is 18.1. The first kappa shape index (κ1) is 18.7. The van der Waals surface area contributed by atoms with E-state index in [0.717, 1.165) is 17.9 Å². The fourth-order valence-corrected chi connectivity index (χ4v) is 2.43. The van der Waals surface area contributed by atoms with Crippen LogP contribution in [0, 0.1) is 0 Å². The second-order valence-corrected chi connectivity index (χ2v) is 6.05. The van der Waals surface area contributed by atoms with Gasteiger partial charge in [-0.25, -0.2) is 0 Å². The molecule has 0 unspecified atom stereocenters. The Balaban J connectivity index is 2.01. The number of benzene rings is 2. The third-order valence-corrected chi connectivity index (χ3v) is 3.73. The molecule has 0 bridgehead atoms. The van der Waals surface area contributed by atoms with Gasteiger partial charge in [0.2, 0.25) is 11.8 Å². The Morgan fingerprint density at radius 2 is 1.36 bits per heavy atom. The van der Waals surface area contributed by atoms with Crippen molar-refractivity contribution in [2.24, 2.45) is 0 Å². The summed E-state index contributed by atoms with van der Waals surface area (Å²) in [6, 6.07) is 19.0. The van der Waals surface area contributed by atoms with Gasteiger partial charge in [-0.1, -0.05) is 36.4 Å². The van der Waals surface area contributed by atoms with E-state index in [9.17, 15) is 9.59 Å². The van der Waals surface area contributed by atoms with E-state index in [2.05, 4.69) is 5.32 Å². The minimum absolute atomic E-state index is 0.0971. The number of para-hydroxylation sites is 2. The summed E-state index contributed by atoms with van der Waals surface area (Å²) in [7, 11) is 3.90. The van der Waals surface area contributed by atoms with Crippen LogP contribution in [0.5, 0.6) is 0 Å². The summed E-state index contributed by atoms with van der Waals surface area (Å²) in [4.78, 5) is 28.4. The molecule has 0 aliphatic carbocycles. The van der Waals surface area contributed by atoms with Gasteiger partial charge in [0.1, 0.15) is 0 Å². The lowest BCUT2D eigenvalue weighted by molar-refractivity contribution is -0.125. The number of amides is 2. The van der Waals surface area contributed by atoms with Crippen molar-refractivity contribution in [3.05, 3.63) is 60.7 Å². The van der Waals surface area contributed by atoms with Crippen LogP contribution >= 0.6 is 0 Å². The number of hydrogen-bond donors (Lipinski definition) is 1. The van der Waals surface area contributed by atoms with Crippen molar-refractivity contribution in [1.29, 1.82) is 0 Å². The summed E-state index contributed by atoms with van der Waals surface area (Å²) < 4.78 is 0. The van der Waals surface area contributed by atoms with Crippen molar-refractivity contribution in [3.63, 3.8) is 0 Å². The van der Waals surface area contributed by atoms with E-state index in [1.54, 1.807) is 4.90 Å². The van der Waals surface area contributed by atoms with Crippen molar-refractivity contribution < 1.29 is 9.59 Å². The van der Waals surface area contributed by atoms with Crippen molar-refractivity contribution in [1.82, 2.24) is 10.2 Å². The minimum Gasteiger partial charge on any atom is -0.355 e. The van der Waals surface area contributed by atoms with Gasteiger partial charge in [0.05, 0.1) is 0 Å². The Morgan fingerprint density at radius 3 is 1.84 bits per heavy atom. The average molecular weight is 339 g/mol. The van der Waals surface area contributed by atoms with Crippen LogP contribution < -0.4 is 10.2 Å². The molecule has 1 N–H and O–H groups in total. The molecular weight excluding hydrogens is 314 g/mol. The predicted molar refractivity (Wildman–Crippen MR) is 101 cm³/mol. The molecule has 2 amide bonds. The molecule has 5 heteroatoms. The molecule has 0 aromatic heterocycles. The monoisotopic (exact) mass is 339 g/mol. The van der Waals surface area contributed by atoms with E-state index in [4.69, 9.17) is 0 Å². The first-order valence-electron chi connectivity index (χ1n) is 8.42. The van der Waals surface area contributed by atoms with Gasteiger partial charge in [0, 0.05) is 37.3 Å². The van der Waals surface area contributed by atoms with Crippen LogP contribution in [0.15, 0.2) is 60.7 Å². The molecule has 25 heavy (non-hydrogen) atoms. The van der Waals surface area contributed by atoms with Gasteiger partial charge in [-0.15, -0.1) is 0 Å². The molecule has 0 radical (unpaired) electrons. The highest BCUT2D eigenvalue weighted by molar-refractivity contribution is 6.01. The molecular formula is C20H25N3O2. The summed E-state index contributed by atoms with van der Waals surface area (Å²) in [6.45, 7) is 1.36. The lowest BCUT2D eigenvalue weighted by Crippen LogP contribution is -2.32. The molecule has 0 atom stereocenters. The lowest BCUT2D eigenvalue weighted by Gasteiger charge is -2.23. The maximum atomic E-state index is 12.8. The summed E-state index contributed by atoms with van der Waals surface area (Å²) >= 11 is 0. The fraction of sp³-hybridized carbons (Fsp3) is 0.300. The molecule has 0 fully saturated rings. The van der Waals surface area contributed by atoms with Gasteiger partial charge < -0.3 is 10.2 Å². The van der Waals surface area contributed by atoms with Crippen LogP contribution in [-0.4, -0.2) is 43.9 Å². The van der Waals surface area contributed by atoms with Crippen LogP contribution in [0.1, 0.15) is 12.8 Å². The standard InChI is InChI=1S/C20H25N3O2/c1-22(2)16-15-21-19(24)13-14-20(25)23(17-9-5-3-6-10-17)18-11-7-4-8-12-18/h3-12H,13-16H2,1-2H3,(H,21,24). The Labute approximate surface area is 149 Å². The number of rotatable bonds is 8. The van der Waals surface area contributed by atoms with Crippen molar-refractivity contribution in [3.8, 4) is 0 Å². The van der Waals surface area contributed by atoms with Gasteiger partial charge >= 0.3 is 0 Å². The van der Waals surface area contributed by atoms with Crippen LogP contribution in [0.3, 0.4) is 0 Å². The number of carbonyl (C=O) groups is 2. The minimum atomic E-state index is -0.101. The summed E-state index contributed by atoms with van der Waals surface area (Å²) in [6.07, 6.45) is 0.347. The average Bonchev–Trinajstić information content (AvgIpc) is 2.62. The maximum Gasteiger partial charge on any atom is 0.232 e. The molecule has 132 valence electrons. The number of likely N-dealkylation sites (N-methyl/N-ethyl adjacent to an activating group) is 1. The number of anilines is 2. The van der Waals surface area contributed by atoms with E-state index in [-0.39, 0.29) is 24.7 Å². The van der Waals surface area contributed by atoms with Crippen molar-refractivity contribution >= 4 is 23.2 Å². The van der Waals surface area contributed by atoms with E-state index >= 15 is 0 Å². The van der Waals surface area contributed by atoms with E-state index in [0.29, 0.717) is 6.54 Å². The molecule has 2 rings (SSSR count). The largest absolute Gasteiger partial charge is 0.355 e. The molecule has 0 saturated heterocycles. The molecule has 2 aromatic carbocycles. The van der Waals surface area contributed by atoms with E-state index < -0.39 is 0 Å². The van der Waals surface area contributed by atoms with Gasteiger partial charge in [0.25, 0.3) is 0 Å². The van der Waals surface area contributed by atoms with Crippen molar-refractivity contribution in [2.45, 2.75) is 12.8 Å². The fourth-order valence-electron chi connectivity index (χ4n) is 2.43. The molecule has 0 saturated carbocycles. The highest BCUT2D eigenvalue weighted by Crippen LogP contribution is 2.26. The number of nitrogens with one attached hydrogen (secondary N) is 1. The Kier molecular flexibility index (Phi) is 7.16. The van der Waals surface area contributed by atoms with Crippen LogP contribution in [0.4, 0.5) is 11.4 Å². The zero-order valence-corrected chi connectivity index (χ0v) is 14.8. The van der Waals surface area contributed by atoms with Gasteiger partial charge in [-0.3, -0.25) is 14.5 Å². The highest BCUT2D eigenvalue weighted by atomic mass is 16.2. The van der Waals surface area contributed by atoms with Crippen LogP contribution in [0.25, 0.3) is 0 Å². The third kappa shape index (κ3) is 6.04. The second kappa shape index (κ2) is 9.59. The Hall–Kier alpha value is -2.66. The molecule has 5 nitrogen and oxygen atoms in total. The van der Waals surface area contributed by atoms with E-state index in [1.807, 2.05) is 79.7 Å². The van der Waals surface area contributed by atoms with E-state index in [1.165, 1.54) is 0 Å². The maximum absolute atomic E-state index is 12.8. The Morgan fingerprint density at radius 1 is 0.840 bits per heavy atom. The topological polar surface area (TPSA) is 52.7 Å². The number of nitrogens with zero attached hydrogens (tertiary/aromatic N) is 2. The van der Waals surface area contributed by atoms with Gasteiger partial charge in [0.15, 0.2) is 0 Å². The summed E-state index contributed by atoms with van der Waals surface area (Å²) in [5, 5.41) is 2.84. The Bertz CT molecular complexity index is 632. The number of hydrogen-bond acceptors (Lipinski definition) is 3. The van der Waals surface area contributed by atoms with Gasteiger partial charge in [-0.2, -0.15) is 0 Å². The molecule has 0 aliphatic rings. The quantitative estimate of drug-likeness (QED) is 0.805. The zero-order valence-electron chi connectivity index (χ0n) is 14.8. The number of carbonyl (C=O) groups excluding carboxylic acids is 2. The lowest BCUT2D eigenvalue weighted by atomic mass is 10.2. The van der Waals surface area contributed by atoms with Crippen molar-refractivity contribution in [2.75, 3.05) is 32.1 Å². The van der Waals surface area contributed by atoms with Crippen LogP contribution in [-0.2, 0) is 9.59 Å².